The van der Waals surface area contributed by atoms with Crippen LogP contribution in [-0.4, -0.2) is 38.4 Å². The zero-order chi connectivity index (χ0) is 18.8. The summed E-state index contributed by atoms with van der Waals surface area (Å²) in [6.07, 6.45) is 6.03. The average molecular weight is 405 g/mol. The zero-order valence-corrected chi connectivity index (χ0v) is 16.4. The zero-order valence-electron chi connectivity index (χ0n) is 14.8. The van der Waals surface area contributed by atoms with Gasteiger partial charge in [0.05, 0.1) is 0 Å². The van der Waals surface area contributed by atoms with Gasteiger partial charge >= 0.3 is 0 Å². The number of nitrogens with one attached hydrogen (secondary N) is 1. The summed E-state index contributed by atoms with van der Waals surface area (Å²) in [6, 6.07) is 6.70. The first-order valence-electron chi connectivity index (χ1n) is 9.29. The third-order valence-corrected chi connectivity index (χ3v) is 5.92. The quantitative estimate of drug-likeness (QED) is 0.798. The third-order valence-electron chi connectivity index (χ3n) is 5.17. The molecule has 2 aromatic rings. The van der Waals surface area contributed by atoms with Gasteiger partial charge in [-0.2, -0.15) is 0 Å². The molecule has 1 N–H and O–H groups in total. The molecule has 2 aliphatic carbocycles. The standard InChI is InChI=1S/C19H21ClN4O2S/c20-13-7-5-12(6-8-13)17(18(25)21-14-3-1-2-4-14)24(15-9-10-15)19(26)16-11-27-23-22-16/h5-8,11,14-15,17H,1-4,9-10H2,(H,21,25)/t17-/m0/s1. The Bertz CT molecular complexity index is 802. The Labute approximate surface area is 167 Å². The lowest BCUT2D eigenvalue weighted by atomic mass is 10.0. The van der Waals surface area contributed by atoms with Crippen LogP contribution in [-0.2, 0) is 4.79 Å². The van der Waals surface area contributed by atoms with E-state index in [0.29, 0.717) is 10.7 Å². The van der Waals surface area contributed by atoms with Gasteiger partial charge in [0.15, 0.2) is 5.69 Å². The van der Waals surface area contributed by atoms with Crippen molar-refractivity contribution in [3.8, 4) is 0 Å². The number of hydrogen-bond acceptors (Lipinski definition) is 5. The highest BCUT2D eigenvalue weighted by molar-refractivity contribution is 7.03. The molecule has 2 aliphatic rings. The third kappa shape index (κ3) is 4.14. The van der Waals surface area contributed by atoms with Crippen molar-refractivity contribution in [1.82, 2.24) is 19.8 Å². The number of carbonyl (C=O) groups is 2. The molecule has 27 heavy (non-hydrogen) atoms. The van der Waals surface area contributed by atoms with E-state index in [4.69, 9.17) is 11.6 Å². The number of rotatable bonds is 6. The van der Waals surface area contributed by atoms with Crippen molar-refractivity contribution in [3.63, 3.8) is 0 Å². The largest absolute Gasteiger partial charge is 0.351 e. The van der Waals surface area contributed by atoms with Crippen molar-refractivity contribution in [2.45, 2.75) is 56.7 Å². The fraction of sp³-hybridized carbons (Fsp3) is 0.474. The second kappa shape index (κ2) is 7.94. The first kappa shape index (κ1) is 18.4. The fourth-order valence-corrected chi connectivity index (χ4v) is 4.23. The van der Waals surface area contributed by atoms with Crippen LogP contribution in [0, 0.1) is 0 Å². The fourth-order valence-electron chi connectivity index (χ4n) is 3.67. The van der Waals surface area contributed by atoms with Crippen LogP contribution in [0.2, 0.25) is 5.02 Å². The van der Waals surface area contributed by atoms with Crippen LogP contribution in [0.15, 0.2) is 29.6 Å². The maximum Gasteiger partial charge on any atom is 0.276 e. The van der Waals surface area contributed by atoms with Crippen molar-refractivity contribution < 1.29 is 9.59 Å². The summed E-state index contributed by atoms with van der Waals surface area (Å²) in [6.45, 7) is 0. The maximum atomic E-state index is 13.3. The van der Waals surface area contributed by atoms with E-state index < -0.39 is 6.04 Å². The minimum absolute atomic E-state index is 0.0502. The molecule has 0 aliphatic heterocycles. The number of hydrogen-bond donors (Lipinski definition) is 1. The molecule has 8 heteroatoms. The lowest BCUT2D eigenvalue weighted by molar-refractivity contribution is -0.126. The molecule has 2 saturated carbocycles. The second-order valence-corrected chi connectivity index (χ2v) is 8.22. The Balaban J connectivity index is 1.67. The molecule has 0 unspecified atom stereocenters. The molecule has 1 heterocycles. The molecule has 142 valence electrons. The van der Waals surface area contributed by atoms with Crippen LogP contribution in [0.5, 0.6) is 0 Å². The SMILES string of the molecule is O=C(NC1CCCC1)[C@H](c1ccc(Cl)cc1)N(C(=O)c1csnn1)C1CC1. The van der Waals surface area contributed by atoms with Crippen molar-refractivity contribution in [1.29, 1.82) is 0 Å². The Hall–Kier alpha value is -1.99. The lowest BCUT2D eigenvalue weighted by Crippen LogP contribution is -2.47. The predicted molar refractivity (Wildman–Crippen MR) is 104 cm³/mol. The van der Waals surface area contributed by atoms with Gasteiger partial charge in [-0.05, 0) is 54.9 Å². The molecule has 1 aromatic heterocycles. The van der Waals surface area contributed by atoms with Gasteiger partial charge in [-0.25, -0.2) is 0 Å². The van der Waals surface area contributed by atoms with E-state index in [0.717, 1.165) is 55.6 Å². The van der Waals surface area contributed by atoms with Gasteiger partial charge in [0.1, 0.15) is 6.04 Å². The maximum absolute atomic E-state index is 13.3. The molecule has 0 saturated heterocycles. The van der Waals surface area contributed by atoms with Gasteiger partial charge in [0.2, 0.25) is 5.91 Å². The number of aromatic nitrogens is 2. The molecular weight excluding hydrogens is 384 g/mol. The van der Waals surface area contributed by atoms with Crippen LogP contribution >= 0.6 is 23.1 Å². The predicted octanol–water partition coefficient (Wildman–Crippen LogP) is 3.60. The Morgan fingerprint density at radius 3 is 2.44 bits per heavy atom. The highest BCUT2D eigenvalue weighted by Crippen LogP contribution is 2.36. The van der Waals surface area contributed by atoms with Crippen molar-refractivity contribution in [2.75, 3.05) is 0 Å². The van der Waals surface area contributed by atoms with Gasteiger partial charge < -0.3 is 10.2 Å². The van der Waals surface area contributed by atoms with Crippen LogP contribution < -0.4 is 5.32 Å². The van der Waals surface area contributed by atoms with E-state index in [1.54, 1.807) is 22.4 Å². The summed E-state index contributed by atoms with van der Waals surface area (Å²) in [5.41, 5.74) is 1.05. The smallest absolute Gasteiger partial charge is 0.276 e. The monoisotopic (exact) mass is 404 g/mol. The van der Waals surface area contributed by atoms with Crippen LogP contribution in [0.1, 0.15) is 60.6 Å². The number of halogens is 1. The van der Waals surface area contributed by atoms with E-state index in [2.05, 4.69) is 14.9 Å². The van der Waals surface area contributed by atoms with E-state index in [1.807, 2.05) is 12.1 Å². The number of amides is 2. The van der Waals surface area contributed by atoms with Gasteiger partial charge in [-0.1, -0.05) is 41.1 Å². The summed E-state index contributed by atoms with van der Waals surface area (Å²) in [5.74, 6) is -0.375. The van der Waals surface area contributed by atoms with Crippen molar-refractivity contribution >= 4 is 34.9 Å². The first-order valence-corrected chi connectivity index (χ1v) is 10.5. The molecule has 0 spiro atoms. The van der Waals surface area contributed by atoms with Gasteiger partial charge in [0.25, 0.3) is 5.91 Å². The van der Waals surface area contributed by atoms with E-state index >= 15 is 0 Å². The summed E-state index contributed by atoms with van der Waals surface area (Å²) >= 11 is 7.17. The molecular formula is C19H21ClN4O2S. The normalized spacial score (nSPS) is 18.3. The average Bonchev–Trinajstić information content (AvgIpc) is 3.11. The molecule has 0 radical (unpaired) electrons. The highest BCUT2D eigenvalue weighted by atomic mass is 35.5. The summed E-state index contributed by atoms with van der Waals surface area (Å²) in [5, 5.41) is 9.31. The summed E-state index contributed by atoms with van der Waals surface area (Å²) in [7, 11) is 0. The number of nitrogens with zero attached hydrogens (tertiary/aromatic N) is 3. The molecule has 2 amide bonds. The molecule has 4 rings (SSSR count). The van der Waals surface area contributed by atoms with Crippen molar-refractivity contribution in [3.05, 3.63) is 45.9 Å². The topological polar surface area (TPSA) is 75.2 Å². The summed E-state index contributed by atoms with van der Waals surface area (Å²) < 4.78 is 3.80. The van der Waals surface area contributed by atoms with Crippen LogP contribution in [0.4, 0.5) is 0 Å². The Morgan fingerprint density at radius 1 is 1.15 bits per heavy atom. The Kier molecular flexibility index (Phi) is 5.41. The second-order valence-electron chi connectivity index (χ2n) is 7.18. The summed E-state index contributed by atoms with van der Waals surface area (Å²) in [4.78, 5) is 28.1. The minimum atomic E-state index is -0.690. The van der Waals surface area contributed by atoms with E-state index in [1.165, 1.54) is 0 Å². The molecule has 6 nitrogen and oxygen atoms in total. The van der Waals surface area contributed by atoms with Gasteiger partial charge in [-0.3, -0.25) is 9.59 Å². The van der Waals surface area contributed by atoms with Crippen LogP contribution in [0.25, 0.3) is 0 Å². The first-order chi connectivity index (χ1) is 13.1. The molecule has 1 aromatic carbocycles. The van der Waals surface area contributed by atoms with Crippen molar-refractivity contribution in [2.24, 2.45) is 0 Å². The van der Waals surface area contributed by atoms with Gasteiger partial charge in [-0.15, -0.1) is 5.10 Å². The molecule has 1 atom stereocenters. The highest BCUT2D eigenvalue weighted by Gasteiger charge is 2.42. The van der Waals surface area contributed by atoms with E-state index in [-0.39, 0.29) is 23.9 Å². The lowest BCUT2D eigenvalue weighted by Gasteiger charge is -2.32. The van der Waals surface area contributed by atoms with Gasteiger partial charge in [0, 0.05) is 22.5 Å². The number of carbonyl (C=O) groups excluding carboxylic acids is 2. The van der Waals surface area contributed by atoms with Crippen LogP contribution in [0.3, 0.4) is 0 Å². The Morgan fingerprint density at radius 2 is 1.85 bits per heavy atom. The molecule has 2 fully saturated rings. The molecule has 0 bridgehead atoms. The van der Waals surface area contributed by atoms with E-state index in [9.17, 15) is 9.59 Å². The minimum Gasteiger partial charge on any atom is -0.351 e. The number of benzene rings is 1.